The first-order valence-corrected chi connectivity index (χ1v) is 23.8. The predicted molar refractivity (Wildman–Crippen MR) is 277 cm³/mol. The Morgan fingerprint density at radius 3 is 0.894 bits per heavy atom. The van der Waals surface area contributed by atoms with Crippen LogP contribution in [0.2, 0.25) is 0 Å². The smallest absolute Gasteiger partial charge is 0.405 e. The van der Waals surface area contributed by atoms with Crippen LogP contribution >= 0.6 is 15.9 Å². The van der Waals surface area contributed by atoms with Gasteiger partial charge in [-0.25, -0.2) is 0 Å². The van der Waals surface area contributed by atoms with Crippen LogP contribution in [0.1, 0.15) is 83.1 Å². The number of para-hydroxylation sites is 4. The molecule has 0 bridgehead atoms. The molecule has 338 valence electrons. The maximum Gasteiger partial charge on any atom is 0.494 e. The average Bonchev–Trinajstić information content (AvgIpc) is 3.98. The highest BCUT2D eigenvalue weighted by Crippen LogP contribution is 2.43. The maximum atomic E-state index is 6.19. The van der Waals surface area contributed by atoms with Crippen LogP contribution in [0, 0.1) is 0 Å². The number of halogens is 1. The fourth-order valence-electron chi connectivity index (χ4n) is 8.75. The zero-order valence-corrected chi connectivity index (χ0v) is 41.9. The third kappa shape index (κ3) is 8.27. The van der Waals surface area contributed by atoms with Gasteiger partial charge in [0.15, 0.2) is 0 Å². The number of hydrogen-bond acceptors (Lipinski definition) is 6. The Morgan fingerprint density at radius 1 is 0.333 bits per heavy atom. The molecule has 0 N–H and O–H groups in total. The first-order valence-electron chi connectivity index (χ1n) is 23.0. The lowest BCUT2D eigenvalue weighted by Crippen LogP contribution is -2.41. The molecule has 6 aromatic carbocycles. The molecule has 0 aliphatic carbocycles. The summed E-state index contributed by atoms with van der Waals surface area (Å²) in [5.74, 6) is 0. The van der Waals surface area contributed by atoms with Gasteiger partial charge in [-0.2, -0.15) is 0 Å². The molecule has 0 spiro atoms. The zero-order chi connectivity index (χ0) is 47.0. The number of hydrogen-bond donors (Lipinski definition) is 0. The van der Waals surface area contributed by atoms with E-state index in [4.69, 9.17) is 27.9 Å². The molecule has 8 aromatic rings. The SMILES string of the molecule is Brc1ccc(-n2c3ccccc3c3ccccc32)cc1.CC1(C)OB(B2OC(C)(C)C(C)(C)O2)OC1(C)C.CC1(C)OB(c2ccc(-n3c4ccccc4c4ccccc43)cc2)OC1(C)C. The van der Waals surface area contributed by atoms with Crippen molar-refractivity contribution in [1.29, 1.82) is 0 Å². The van der Waals surface area contributed by atoms with Gasteiger partial charge < -0.3 is 37.1 Å². The van der Waals surface area contributed by atoms with Crippen molar-refractivity contribution >= 4 is 86.1 Å². The largest absolute Gasteiger partial charge is 0.494 e. The molecule has 3 aliphatic rings. The summed E-state index contributed by atoms with van der Waals surface area (Å²) in [6.07, 6.45) is 0. The minimum absolute atomic E-state index is 0.330. The predicted octanol–water partition coefficient (Wildman–Crippen LogP) is 12.9. The second-order valence-electron chi connectivity index (χ2n) is 20.6. The Morgan fingerprint density at radius 2 is 0.591 bits per heavy atom. The van der Waals surface area contributed by atoms with Gasteiger partial charge in [0.2, 0.25) is 0 Å². The van der Waals surface area contributed by atoms with Crippen molar-refractivity contribution in [3.8, 4) is 11.4 Å². The topological polar surface area (TPSA) is 65.2 Å². The molecule has 8 nitrogen and oxygen atoms in total. The van der Waals surface area contributed by atoms with Crippen LogP contribution in [-0.2, 0) is 27.9 Å². The Labute approximate surface area is 399 Å². The molecule has 12 heteroatoms. The number of nitrogens with zero attached hydrogens (tertiary/aromatic N) is 2. The van der Waals surface area contributed by atoms with E-state index in [0.29, 0.717) is 0 Å². The molecule has 0 unspecified atom stereocenters. The monoisotopic (exact) mass is 944 g/mol. The minimum Gasteiger partial charge on any atom is -0.405 e. The number of benzene rings is 6. The molecule has 66 heavy (non-hydrogen) atoms. The Hall–Kier alpha value is -4.65. The number of rotatable bonds is 4. The molecule has 11 rings (SSSR count). The summed E-state index contributed by atoms with van der Waals surface area (Å²) in [5.41, 5.74) is 6.19. The van der Waals surface area contributed by atoms with Gasteiger partial charge in [0.25, 0.3) is 0 Å². The summed E-state index contributed by atoms with van der Waals surface area (Å²) in [6.45, 7) is 24.5. The minimum atomic E-state index is -0.476. The Balaban J connectivity index is 0.000000129. The van der Waals surface area contributed by atoms with Crippen molar-refractivity contribution in [3.05, 3.63) is 150 Å². The van der Waals surface area contributed by atoms with Crippen LogP contribution in [0.3, 0.4) is 0 Å². The quantitative estimate of drug-likeness (QED) is 0.164. The van der Waals surface area contributed by atoms with Gasteiger partial charge in [-0.05, 0) is 149 Å². The van der Waals surface area contributed by atoms with E-state index in [1.807, 2.05) is 55.4 Å². The highest BCUT2D eigenvalue weighted by molar-refractivity contribution is 9.10. The third-order valence-corrected chi connectivity index (χ3v) is 15.2. The Bertz CT molecular complexity index is 2860. The lowest BCUT2D eigenvalue weighted by Gasteiger charge is -2.32. The van der Waals surface area contributed by atoms with Gasteiger partial charge >= 0.3 is 21.1 Å². The van der Waals surface area contributed by atoms with Crippen LogP contribution in [0.15, 0.2) is 150 Å². The van der Waals surface area contributed by atoms with Crippen molar-refractivity contribution < 1.29 is 27.9 Å². The fourth-order valence-corrected chi connectivity index (χ4v) is 9.02. The molecule has 3 aliphatic heterocycles. The van der Waals surface area contributed by atoms with E-state index in [-0.39, 0.29) is 40.7 Å². The molecule has 2 aromatic heterocycles. The van der Waals surface area contributed by atoms with Gasteiger partial charge in [0.1, 0.15) is 0 Å². The van der Waals surface area contributed by atoms with Crippen molar-refractivity contribution in [2.45, 2.75) is 117 Å². The van der Waals surface area contributed by atoms with Crippen molar-refractivity contribution in [3.63, 3.8) is 0 Å². The highest BCUT2D eigenvalue weighted by Gasteiger charge is 2.63. The third-order valence-electron chi connectivity index (χ3n) is 14.7. The van der Waals surface area contributed by atoms with E-state index in [2.05, 4.69) is 198 Å². The normalized spacial score (nSPS) is 19.9. The lowest BCUT2D eigenvalue weighted by atomic mass is 9.49. The maximum absolute atomic E-state index is 6.19. The summed E-state index contributed by atoms with van der Waals surface area (Å²) >= 11 is 3.50. The van der Waals surface area contributed by atoms with Crippen LogP contribution in [0.5, 0.6) is 0 Å². The molecule has 0 radical (unpaired) electrons. The number of fused-ring (bicyclic) bond motifs is 6. The van der Waals surface area contributed by atoms with Crippen LogP contribution in [-0.4, -0.2) is 63.9 Å². The van der Waals surface area contributed by atoms with Crippen molar-refractivity contribution in [2.24, 2.45) is 0 Å². The summed E-state index contributed by atoms with van der Waals surface area (Å²) in [5, 5.41) is 5.14. The van der Waals surface area contributed by atoms with E-state index in [9.17, 15) is 0 Å². The first kappa shape index (κ1) is 46.5. The van der Waals surface area contributed by atoms with Crippen molar-refractivity contribution in [2.75, 3.05) is 0 Å². The van der Waals surface area contributed by atoms with E-state index in [1.165, 1.54) is 49.3 Å². The summed E-state index contributed by atoms with van der Waals surface area (Å²) in [6, 6.07) is 51.2. The molecule has 0 atom stereocenters. The lowest BCUT2D eigenvalue weighted by molar-refractivity contribution is 0.00578. The fraction of sp³-hybridized carbons (Fsp3) is 0.333. The molecule has 0 saturated carbocycles. The molecule has 5 heterocycles. The highest BCUT2D eigenvalue weighted by atomic mass is 79.9. The van der Waals surface area contributed by atoms with Crippen LogP contribution in [0.4, 0.5) is 0 Å². The standard InChI is InChI=1S/C24H24BNO2.C18H12BrN.C12H24B2O4/c1-23(2)24(3,4)28-25(27-23)17-13-15-18(16-14-17)26-21-11-7-5-9-19(21)20-10-6-8-12-22(20)26;19-13-9-11-14(12-10-13)20-17-7-3-1-5-15(17)16-6-2-4-8-18(16)20;1-9(2)10(3,4)16-13(15-9)14-17-11(5,6)12(7,8)18-14/h5-16H,1-4H3;1-12H;1-8H3. The Kier molecular flexibility index (Phi) is 11.9. The van der Waals surface area contributed by atoms with Gasteiger partial charge in [0, 0.05) is 37.4 Å². The van der Waals surface area contributed by atoms with E-state index in [1.54, 1.807) is 0 Å². The second-order valence-corrected chi connectivity index (χ2v) is 21.6. The van der Waals surface area contributed by atoms with Gasteiger partial charge in [-0.15, -0.1) is 0 Å². The van der Waals surface area contributed by atoms with Crippen molar-refractivity contribution in [1.82, 2.24) is 9.13 Å². The molecule has 3 saturated heterocycles. The van der Waals surface area contributed by atoms with E-state index >= 15 is 0 Å². The number of aromatic nitrogens is 2. The average molecular weight is 945 g/mol. The van der Waals surface area contributed by atoms with Gasteiger partial charge in [0.05, 0.1) is 55.7 Å². The summed E-state index contributed by atoms with van der Waals surface area (Å²) < 4.78 is 42.0. The molecule has 3 fully saturated rings. The second kappa shape index (κ2) is 16.8. The van der Waals surface area contributed by atoms with Crippen LogP contribution < -0.4 is 5.46 Å². The first-order chi connectivity index (χ1) is 31.1. The van der Waals surface area contributed by atoms with Gasteiger partial charge in [-0.1, -0.05) is 101 Å². The summed E-state index contributed by atoms with van der Waals surface area (Å²) in [7, 11) is -1.29. The molecular weight excluding hydrogens is 885 g/mol. The zero-order valence-electron chi connectivity index (χ0n) is 40.3. The molecule has 0 amide bonds. The van der Waals surface area contributed by atoms with Gasteiger partial charge in [-0.3, -0.25) is 0 Å². The molecular formula is C54H60B3BrN2O6. The summed E-state index contributed by atoms with van der Waals surface area (Å²) in [4.78, 5) is 0. The van der Waals surface area contributed by atoms with E-state index in [0.717, 1.165) is 15.6 Å². The van der Waals surface area contributed by atoms with Crippen LogP contribution in [0.25, 0.3) is 55.0 Å². The van der Waals surface area contributed by atoms with E-state index < -0.39 is 14.0 Å².